The lowest BCUT2D eigenvalue weighted by molar-refractivity contribution is 0.0942. The molecule has 8 nitrogen and oxygen atoms in total. The highest BCUT2D eigenvalue weighted by atomic mass is 32.1. The Kier molecular flexibility index (Phi) is 6.07. The smallest absolute Gasteiger partial charge is 0.269 e. The molecule has 1 aliphatic rings. The molecule has 1 aliphatic carbocycles. The van der Waals surface area contributed by atoms with Gasteiger partial charge >= 0.3 is 0 Å². The third-order valence-electron chi connectivity index (χ3n) is 4.70. The predicted molar refractivity (Wildman–Crippen MR) is 114 cm³/mol. The Morgan fingerprint density at radius 1 is 1.27 bits per heavy atom. The van der Waals surface area contributed by atoms with E-state index in [1.807, 2.05) is 6.20 Å². The number of nitrogens with zero attached hydrogens (tertiary/aromatic N) is 2. The predicted octanol–water partition coefficient (Wildman–Crippen LogP) is 3.02. The first kappa shape index (κ1) is 20.5. The molecule has 3 aromatic heterocycles. The van der Waals surface area contributed by atoms with Crippen LogP contribution in [0.1, 0.15) is 37.7 Å². The van der Waals surface area contributed by atoms with Crippen molar-refractivity contribution in [2.75, 3.05) is 20.3 Å². The van der Waals surface area contributed by atoms with Crippen LogP contribution in [-0.2, 0) is 17.6 Å². The summed E-state index contributed by atoms with van der Waals surface area (Å²) in [6.45, 7) is 1.10. The molecule has 0 unspecified atom stereocenters. The van der Waals surface area contributed by atoms with Crippen molar-refractivity contribution < 1.29 is 19.1 Å². The number of hydrogen-bond donors (Lipinski definition) is 2. The summed E-state index contributed by atoms with van der Waals surface area (Å²) in [5.41, 5.74) is 8.84. The highest BCUT2D eigenvalue weighted by molar-refractivity contribution is 7.17. The number of carbonyl (C=O) groups is 2. The lowest BCUT2D eigenvalue weighted by atomic mass is 9.93. The van der Waals surface area contributed by atoms with E-state index in [0.717, 1.165) is 40.8 Å². The van der Waals surface area contributed by atoms with E-state index >= 15 is 0 Å². The van der Waals surface area contributed by atoms with Crippen LogP contribution >= 0.6 is 22.9 Å². The van der Waals surface area contributed by atoms with Crippen molar-refractivity contribution in [1.82, 2.24) is 14.7 Å². The molecular formula is C20H20N4O4S2. The molecule has 0 saturated carbocycles. The van der Waals surface area contributed by atoms with E-state index in [4.69, 9.17) is 15.2 Å². The van der Waals surface area contributed by atoms with E-state index in [2.05, 4.69) is 14.7 Å². The second kappa shape index (κ2) is 8.90. The number of ether oxygens (including phenoxy) is 2. The van der Waals surface area contributed by atoms with Crippen molar-refractivity contribution in [3.8, 4) is 21.3 Å². The largest absolute Gasteiger partial charge is 0.444 e. The summed E-state index contributed by atoms with van der Waals surface area (Å²) in [7, 11) is 1.62. The molecule has 2 amide bonds. The van der Waals surface area contributed by atoms with Gasteiger partial charge in [0.15, 0.2) is 5.06 Å². The van der Waals surface area contributed by atoms with Gasteiger partial charge in [-0.25, -0.2) is 9.36 Å². The van der Waals surface area contributed by atoms with Crippen LogP contribution in [0.4, 0.5) is 0 Å². The molecule has 0 bridgehead atoms. The van der Waals surface area contributed by atoms with Crippen molar-refractivity contribution in [3.05, 3.63) is 46.2 Å². The first-order valence-corrected chi connectivity index (χ1v) is 11.0. The number of fused-ring (bicyclic) bond motifs is 3. The van der Waals surface area contributed by atoms with Gasteiger partial charge in [0.2, 0.25) is 0 Å². The van der Waals surface area contributed by atoms with E-state index in [1.54, 1.807) is 19.2 Å². The molecule has 3 N–H and O–H groups in total. The number of primary amides is 1. The Hall–Kier alpha value is -2.82. The topological polar surface area (TPSA) is 116 Å². The quantitative estimate of drug-likeness (QED) is 0.516. The van der Waals surface area contributed by atoms with E-state index < -0.39 is 5.91 Å². The van der Waals surface area contributed by atoms with Gasteiger partial charge in [-0.05, 0) is 54.1 Å². The number of rotatable bonds is 8. The molecule has 0 fully saturated rings. The number of thiophene rings is 1. The summed E-state index contributed by atoms with van der Waals surface area (Å²) in [6.07, 6.45) is 5.63. The lowest BCUT2D eigenvalue weighted by Crippen LogP contribution is -2.25. The van der Waals surface area contributed by atoms with Gasteiger partial charge in [-0.2, -0.15) is 0 Å². The van der Waals surface area contributed by atoms with E-state index in [-0.39, 0.29) is 5.91 Å². The fraction of sp³-hybridized carbons (Fsp3) is 0.300. The molecule has 0 atom stereocenters. The maximum Gasteiger partial charge on any atom is 0.269 e. The van der Waals surface area contributed by atoms with Gasteiger partial charge in [-0.15, -0.1) is 0 Å². The van der Waals surface area contributed by atoms with Crippen molar-refractivity contribution in [2.24, 2.45) is 5.73 Å². The summed E-state index contributed by atoms with van der Waals surface area (Å²) in [4.78, 5) is 29.8. The van der Waals surface area contributed by atoms with Gasteiger partial charge in [0.25, 0.3) is 11.8 Å². The third kappa shape index (κ3) is 4.07. The van der Waals surface area contributed by atoms with Gasteiger partial charge in [-0.1, -0.05) is 11.3 Å². The van der Waals surface area contributed by atoms with Crippen molar-refractivity contribution >= 4 is 34.7 Å². The maximum absolute atomic E-state index is 12.1. The van der Waals surface area contributed by atoms with Crippen LogP contribution in [0.5, 0.6) is 10.8 Å². The minimum absolute atomic E-state index is 0.253. The van der Waals surface area contributed by atoms with Crippen LogP contribution in [-0.4, -0.2) is 41.4 Å². The number of hydrogen-bond acceptors (Lipinski definition) is 8. The Bertz CT molecular complexity index is 1080. The zero-order chi connectivity index (χ0) is 21.1. The van der Waals surface area contributed by atoms with Crippen molar-refractivity contribution in [2.45, 2.75) is 19.3 Å². The van der Waals surface area contributed by atoms with E-state index in [9.17, 15) is 9.59 Å². The second-order valence-corrected chi connectivity index (χ2v) is 8.48. The fourth-order valence-corrected chi connectivity index (χ4v) is 5.28. The average molecular weight is 445 g/mol. The first-order valence-electron chi connectivity index (χ1n) is 9.39. The molecule has 3 aromatic rings. The number of aryl methyl sites for hydroxylation is 1. The highest BCUT2D eigenvalue weighted by Crippen LogP contribution is 2.49. The van der Waals surface area contributed by atoms with Crippen LogP contribution in [0.25, 0.3) is 10.4 Å². The molecule has 30 heavy (non-hydrogen) atoms. The zero-order valence-corrected chi connectivity index (χ0v) is 17.9. The number of nitrogens with one attached hydrogen (secondary N) is 1. The van der Waals surface area contributed by atoms with Crippen LogP contribution < -0.4 is 15.8 Å². The minimum atomic E-state index is -0.460. The van der Waals surface area contributed by atoms with Crippen LogP contribution in [0, 0.1) is 0 Å². The summed E-state index contributed by atoms with van der Waals surface area (Å²) >= 11 is 2.62. The third-order valence-corrected chi connectivity index (χ3v) is 6.69. The number of methoxy groups -OCH3 is 1. The monoisotopic (exact) mass is 444 g/mol. The summed E-state index contributed by atoms with van der Waals surface area (Å²) < 4.78 is 15.3. The van der Waals surface area contributed by atoms with Crippen LogP contribution in [0.15, 0.2) is 24.5 Å². The minimum Gasteiger partial charge on any atom is -0.444 e. The van der Waals surface area contributed by atoms with Gasteiger partial charge in [0.1, 0.15) is 11.4 Å². The maximum atomic E-state index is 12.1. The number of pyridine rings is 1. The fourth-order valence-electron chi connectivity index (χ4n) is 3.28. The van der Waals surface area contributed by atoms with Crippen molar-refractivity contribution in [3.63, 3.8) is 0 Å². The Morgan fingerprint density at radius 2 is 2.13 bits per heavy atom. The first-order chi connectivity index (χ1) is 14.6. The molecule has 4 rings (SSSR count). The Labute approximate surface area is 181 Å². The molecule has 0 radical (unpaired) electrons. The van der Waals surface area contributed by atoms with Crippen LogP contribution in [0.3, 0.4) is 0 Å². The van der Waals surface area contributed by atoms with Crippen LogP contribution in [0.2, 0.25) is 0 Å². The standard InChI is InChI=1S/C20H20N4O4S2/c1-27-8-2-7-22-19(26)14-6-4-12(10-23-14)28-20-15-13(17(29-20)18(21)25)5-3-11-9-24-30-16(11)15/h4,6,9-10H,2-3,5,7-8H2,1H3,(H2,21,25)(H,22,26). The van der Waals surface area contributed by atoms with Gasteiger partial charge in [-0.3, -0.25) is 9.59 Å². The second-order valence-electron chi connectivity index (χ2n) is 6.70. The van der Waals surface area contributed by atoms with Gasteiger partial charge in [0.05, 0.1) is 21.5 Å². The molecule has 0 saturated heterocycles. The number of amides is 2. The zero-order valence-electron chi connectivity index (χ0n) is 16.3. The number of nitrogens with two attached hydrogens (primary N) is 1. The average Bonchev–Trinajstić information content (AvgIpc) is 3.36. The van der Waals surface area contributed by atoms with Gasteiger partial charge in [0, 0.05) is 26.5 Å². The molecular weight excluding hydrogens is 424 g/mol. The SMILES string of the molecule is COCCCNC(=O)c1ccc(Oc2sc(C(N)=O)c3c2-c2sncc2CC3)cn1. The number of aromatic nitrogens is 2. The van der Waals surface area contributed by atoms with Crippen molar-refractivity contribution in [1.29, 1.82) is 0 Å². The molecule has 0 aromatic carbocycles. The Balaban J connectivity index is 1.54. The lowest BCUT2D eigenvalue weighted by Gasteiger charge is -2.14. The Morgan fingerprint density at radius 3 is 2.87 bits per heavy atom. The number of carbonyl (C=O) groups excluding carboxylic acids is 2. The van der Waals surface area contributed by atoms with Gasteiger partial charge < -0.3 is 20.5 Å². The summed E-state index contributed by atoms with van der Waals surface area (Å²) in [5.74, 6) is -0.239. The molecule has 10 heteroatoms. The van der Waals surface area contributed by atoms with E-state index in [1.165, 1.54) is 29.1 Å². The van der Waals surface area contributed by atoms with E-state index in [0.29, 0.717) is 34.5 Å². The molecule has 3 heterocycles. The molecule has 0 aliphatic heterocycles. The summed E-state index contributed by atoms with van der Waals surface area (Å²) in [5, 5.41) is 3.38. The molecule has 156 valence electrons. The summed E-state index contributed by atoms with van der Waals surface area (Å²) in [6, 6.07) is 3.29. The highest BCUT2D eigenvalue weighted by Gasteiger charge is 2.30. The molecule has 0 spiro atoms. The normalized spacial score (nSPS) is 12.2.